The quantitative estimate of drug-likeness (QED) is 0.757. The SMILES string of the molecule is CCOC(=O)C1CCN(C(=O)CNc2ccc(C(=O)NC)cc2)CC1. The normalized spacial score (nSPS) is 14.7. The van der Waals surface area contributed by atoms with Gasteiger partial charge in [-0.1, -0.05) is 0 Å². The number of benzene rings is 1. The number of amides is 2. The van der Waals surface area contributed by atoms with Gasteiger partial charge in [-0.2, -0.15) is 0 Å². The number of piperidine rings is 1. The Morgan fingerprint density at radius 3 is 2.36 bits per heavy atom. The fourth-order valence-electron chi connectivity index (χ4n) is 2.80. The maximum Gasteiger partial charge on any atom is 0.309 e. The molecule has 0 unspecified atom stereocenters. The molecule has 1 saturated heterocycles. The smallest absolute Gasteiger partial charge is 0.309 e. The highest BCUT2D eigenvalue weighted by Crippen LogP contribution is 2.19. The minimum absolute atomic E-state index is 0.00214. The van der Waals surface area contributed by atoms with E-state index in [9.17, 15) is 14.4 Å². The number of hydrogen-bond acceptors (Lipinski definition) is 5. The number of esters is 1. The fraction of sp³-hybridized carbons (Fsp3) is 0.500. The Balaban J connectivity index is 1.77. The first-order valence-electron chi connectivity index (χ1n) is 8.55. The lowest BCUT2D eigenvalue weighted by Gasteiger charge is -2.31. The highest BCUT2D eigenvalue weighted by atomic mass is 16.5. The molecule has 2 rings (SSSR count). The summed E-state index contributed by atoms with van der Waals surface area (Å²) in [6.45, 7) is 3.51. The van der Waals surface area contributed by atoms with E-state index in [1.54, 1.807) is 43.1 Å². The van der Waals surface area contributed by atoms with E-state index in [1.807, 2.05) is 0 Å². The molecule has 2 N–H and O–H groups in total. The van der Waals surface area contributed by atoms with E-state index in [-0.39, 0.29) is 30.2 Å². The molecule has 0 radical (unpaired) electrons. The van der Waals surface area contributed by atoms with Crippen molar-refractivity contribution in [2.75, 3.05) is 38.6 Å². The minimum atomic E-state index is -0.163. The van der Waals surface area contributed by atoms with Crippen LogP contribution in [0.15, 0.2) is 24.3 Å². The molecule has 2 amide bonds. The monoisotopic (exact) mass is 347 g/mol. The van der Waals surface area contributed by atoms with Crippen molar-refractivity contribution in [1.29, 1.82) is 0 Å². The van der Waals surface area contributed by atoms with E-state index in [1.165, 1.54) is 0 Å². The second-order valence-electron chi connectivity index (χ2n) is 5.92. The molecule has 0 aliphatic carbocycles. The molecule has 1 fully saturated rings. The van der Waals surface area contributed by atoms with Crippen LogP contribution in [0.25, 0.3) is 0 Å². The lowest BCUT2D eigenvalue weighted by atomic mass is 9.97. The zero-order valence-corrected chi connectivity index (χ0v) is 14.7. The molecule has 25 heavy (non-hydrogen) atoms. The molecule has 0 aromatic heterocycles. The van der Waals surface area contributed by atoms with Gasteiger partial charge >= 0.3 is 5.97 Å². The number of rotatable bonds is 6. The minimum Gasteiger partial charge on any atom is -0.466 e. The van der Waals surface area contributed by atoms with Gasteiger partial charge in [0.05, 0.1) is 19.1 Å². The van der Waals surface area contributed by atoms with Gasteiger partial charge in [-0.25, -0.2) is 0 Å². The Labute approximate surface area is 147 Å². The van der Waals surface area contributed by atoms with Crippen molar-refractivity contribution in [1.82, 2.24) is 10.2 Å². The zero-order valence-electron chi connectivity index (χ0n) is 14.7. The topological polar surface area (TPSA) is 87.7 Å². The van der Waals surface area contributed by atoms with Crippen LogP contribution in [0.2, 0.25) is 0 Å². The number of carbonyl (C=O) groups is 3. The second kappa shape index (κ2) is 9.05. The van der Waals surface area contributed by atoms with Crippen molar-refractivity contribution in [2.45, 2.75) is 19.8 Å². The molecule has 1 heterocycles. The van der Waals surface area contributed by atoms with Crippen LogP contribution < -0.4 is 10.6 Å². The predicted molar refractivity (Wildman–Crippen MR) is 94.3 cm³/mol. The van der Waals surface area contributed by atoms with Gasteiger partial charge in [0.1, 0.15) is 0 Å². The first kappa shape index (κ1) is 18.8. The zero-order chi connectivity index (χ0) is 18.2. The molecule has 1 aromatic carbocycles. The summed E-state index contributed by atoms with van der Waals surface area (Å²) in [7, 11) is 1.58. The van der Waals surface area contributed by atoms with Gasteiger partial charge in [-0.3, -0.25) is 14.4 Å². The third kappa shape index (κ3) is 5.20. The molecule has 7 heteroatoms. The first-order chi connectivity index (χ1) is 12.0. The lowest BCUT2D eigenvalue weighted by Crippen LogP contribution is -2.43. The van der Waals surface area contributed by atoms with E-state index >= 15 is 0 Å². The fourth-order valence-corrected chi connectivity index (χ4v) is 2.80. The van der Waals surface area contributed by atoms with Crippen molar-refractivity contribution >= 4 is 23.5 Å². The number of hydrogen-bond donors (Lipinski definition) is 2. The van der Waals surface area contributed by atoms with E-state index < -0.39 is 0 Å². The molecule has 0 saturated carbocycles. The Morgan fingerprint density at radius 2 is 1.80 bits per heavy atom. The molecule has 7 nitrogen and oxygen atoms in total. The molecule has 1 aliphatic heterocycles. The number of anilines is 1. The molecular weight excluding hydrogens is 322 g/mol. The molecular formula is C18H25N3O4. The van der Waals surface area contributed by atoms with Crippen LogP contribution in [0.3, 0.4) is 0 Å². The summed E-state index contributed by atoms with van der Waals surface area (Å²) < 4.78 is 5.03. The van der Waals surface area contributed by atoms with Gasteiger partial charge < -0.3 is 20.3 Å². The summed E-state index contributed by atoms with van der Waals surface area (Å²) in [4.78, 5) is 37.2. The maximum absolute atomic E-state index is 12.3. The average Bonchev–Trinajstić information content (AvgIpc) is 2.66. The number of ether oxygens (including phenoxy) is 1. The van der Waals surface area contributed by atoms with Gasteiger partial charge in [0.25, 0.3) is 5.91 Å². The third-order valence-corrected chi connectivity index (χ3v) is 4.29. The third-order valence-electron chi connectivity index (χ3n) is 4.29. The van der Waals surface area contributed by atoms with Crippen LogP contribution in [-0.4, -0.2) is 56.0 Å². The van der Waals surface area contributed by atoms with Gasteiger partial charge in [0.15, 0.2) is 0 Å². The Hall–Kier alpha value is -2.57. The molecule has 136 valence electrons. The molecule has 1 aromatic rings. The lowest BCUT2D eigenvalue weighted by molar-refractivity contribution is -0.151. The highest BCUT2D eigenvalue weighted by molar-refractivity contribution is 5.94. The highest BCUT2D eigenvalue weighted by Gasteiger charge is 2.27. The summed E-state index contributed by atoms with van der Waals surface area (Å²) in [6, 6.07) is 6.95. The summed E-state index contributed by atoms with van der Waals surface area (Å²) >= 11 is 0. The van der Waals surface area contributed by atoms with Crippen molar-refractivity contribution in [3.05, 3.63) is 29.8 Å². The van der Waals surface area contributed by atoms with Gasteiger partial charge in [0.2, 0.25) is 5.91 Å². The number of carbonyl (C=O) groups excluding carboxylic acids is 3. The summed E-state index contributed by atoms with van der Waals surface area (Å²) in [5.41, 5.74) is 1.35. The Morgan fingerprint density at radius 1 is 1.16 bits per heavy atom. The van der Waals surface area contributed by atoms with Gasteiger partial charge in [0, 0.05) is 31.4 Å². The standard InChI is InChI=1S/C18H25N3O4/c1-3-25-18(24)14-8-10-21(11-9-14)16(22)12-20-15-6-4-13(5-7-15)17(23)19-2/h4-7,14,20H,3,8-12H2,1-2H3,(H,19,23). The second-order valence-corrected chi connectivity index (χ2v) is 5.92. The average molecular weight is 347 g/mol. The van der Waals surface area contributed by atoms with Gasteiger partial charge in [-0.15, -0.1) is 0 Å². The van der Waals surface area contributed by atoms with E-state index in [2.05, 4.69) is 10.6 Å². The van der Waals surface area contributed by atoms with Crippen molar-refractivity contribution < 1.29 is 19.1 Å². The van der Waals surface area contributed by atoms with Crippen molar-refractivity contribution in [2.24, 2.45) is 5.92 Å². The largest absolute Gasteiger partial charge is 0.466 e. The molecule has 1 aliphatic rings. The number of likely N-dealkylation sites (tertiary alicyclic amines) is 1. The van der Waals surface area contributed by atoms with Crippen LogP contribution in [-0.2, 0) is 14.3 Å². The van der Waals surface area contributed by atoms with Gasteiger partial charge in [-0.05, 0) is 44.0 Å². The van der Waals surface area contributed by atoms with Crippen LogP contribution >= 0.6 is 0 Å². The number of nitrogens with one attached hydrogen (secondary N) is 2. The van der Waals surface area contributed by atoms with Crippen LogP contribution in [0.4, 0.5) is 5.69 Å². The summed E-state index contributed by atoms with van der Waals surface area (Å²) in [6.07, 6.45) is 1.29. The first-order valence-corrected chi connectivity index (χ1v) is 8.55. The van der Waals surface area contributed by atoms with Crippen LogP contribution in [0.1, 0.15) is 30.1 Å². The van der Waals surface area contributed by atoms with E-state index in [0.29, 0.717) is 38.1 Å². The van der Waals surface area contributed by atoms with Crippen molar-refractivity contribution in [3.63, 3.8) is 0 Å². The molecule has 0 spiro atoms. The number of nitrogens with zero attached hydrogens (tertiary/aromatic N) is 1. The summed E-state index contributed by atoms with van der Waals surface area (Å²) in [5.74, 6) is -0.414. The Kier molecular flexibility index (Phi) is 6.80. The predicted octanol–water partition coefficient (Wildman–Crippen LogP) is 1.26. The molecule has 0 bridgehead atoms. The summed E-state index contributed by atoms with van der Waals surface area (Å²) in [5, 5.41) is 5.63. The Bertz CT molecular complexity index is 607. The van der Waals surface area contributed by atoms with Crippen LogP contribution in [0.5, 0.6) is 0 Å². The van der Waals surface area contributed by atoms with E-state index in [4.69, 9.17) is 4.74 Å². The van der Waals surface area contributed by atoms with Crippen LogP contribution in [0, 0.1) is 5.92 Å². The van der Waals surface area contributed by atoms with E-state index in [0.717, 1.165) is 5.69 Å². The van der Waals surface area contributed by atoms with Crippen molar-refractivity contribution in [3.8, 4) is 0 Å². The molecule has 0 atom stereocenters. The maximum atomic E-state index is 12.3.